The van der Waals surface area contributed by atoms with Crippen LogP contribution in [0.4, 0.5) is 11.5 Å². The zero-order valence-electron chi connectivity index (χ0n) is 14.0. The minimum atomic E-state index is -0.418. The highest BCUT2D eigenvalue weighted by atomic mass is 35.5. The predicted molar refractivity (Wildman–Crippen MR) is 98.9 cm³/mol. The monoisotopic (exact) mass is 355 g/mol. The first-order valence-corrected chi connectivity index (χ1v) is 8.14. The molecule has 0 saturated carbocycles. The minimum Gasteiger partial charge on any atom is -0.382 e. The number of nitrogen functional groups attached to an aromatic ring is 1. The second-order valence-corrected chi connectivity index (χ2v) is 6.32. The van der Waals surface area contributed by atoms with Crippen LogP contribution >= 0.6 is 11.6 Å². The Balaban J connectivity index is 1.80. The lowest BCUT2D eigenvalue weighted by molar-refractivity contribution is 0.102. The maximum Gasteiger partial charge on any atom is 0.280 e. The quantitative estimate of drug-likeness (QED) is 0.750. The van der Waals surface area contributed by atoms with Crippen molar-refractivity contribution in [3.05, 3.63) is 69.9 Å². The molecule has 1 aromatic heterocycles. The molecule has 3 N–H and O–H groups in total. The lowest BCUT2D eigenvalue weighted by Gasteiger charge is -2.08. The summed E-state index contributed by atoms with van der Waals surface area (Å²) < 4.78 is 1.51. The number of aryl methyl sites for hydroxylation is 2. The number of amides is 1. The number of halogens is 1. The smallest absolute Gasteiger partial charge is 0.280 e. The number of aromatic nitrogens is 3. The number of hydrogen-bond donors (Lipinski definition) is 2. The van der Waals surface area contributed by atoms with Gasteiger partial charge >= 0.3 is 0 Å². The lowest BCUT2D eigenvalue weighted by Crippen LogP contribution is -2.16. The van der Waals surface area contributed by atoms with E-state index in [4.69, 9.17) is 17.3 Å². The Bertz CT molecular complexity index is 935. The van der Waals surface area contributed by atoms with Gasteiger partial charge in [-0.15, -0.1) is 5.10 Å². The number of benzene rings is 2. The van der Waals surface area contributed by atoms with Crippen LogP contribution < -0.4 is 11.1 Å². The highest BCUT2D eigenvalue weighted by Crippen LogP contribution is 2.21. The summed E-state index contributed by atoms with van der Waals surface area (Å²) in [6, 6.07) is 13.3. The van der Waals surface area contributed by atoms with Crippen LogP contribution in [-0.4, -0.2) is 20.9 Å². The molecule has 0 radical (unpaired) electrons. The van der Waals surface area contributed by atoms with Gasteiger partial charge in [-0.2, -0.15) is 0 Å². The molecule has 6 nitrogen and oxygen atoms in total. The normalized spacial score (nSPS) is 10.7. The van der Waals surface area contributed by atoms with Gasteiger partial charge in [0.2, 0.25) is 0 Å². The molecule has 2 aromatic carbocycles. The van der Waals surface area contributed by atoms with Crippen LogP contribution in [0.25, 0.3) is 0 Å². The Labute approximate surface area is 150 Å². The molecule has 0 spiro atoms. The van der Waals surface area contributed by atoms with Gasteiger partial charge < -0.3 is 11.1 Å². The molecular weight excluding hydrogens is 338 g/mol. The minimum absolute atomic E-state index is 0.0898. The molecule has 0 bridgehead atoms. The van der Waals surface area contributed by atoms with Gasteiger partial charge in [0.05, 0.1) is 6.54 Å². The molecule has 0 aliphatic heterocycles. The van der Waals surface area contributed by atoms with Crippen molar-refractivity contribution in [3.63, 3.8) is 0 Å². The molecule has 3 aromatic rings. The molecule has 0 aliphatic carbocycles. The lowest BCUT2D eigenvalue weighted by atomic mass is 10.1. The summed E-state index contributed by atoms with van der Waals surface area (Å²) >= 11 is 5.98. The van der Waals surface area contributed by atoms with Crippen LogP contribution in [0.5, 0.6) is 0 Å². The number of carbonyl (C=O) groups excluding carboxylic acids is 1. The number of rotatable bonds is 4. The molecule has 128 valence electrons. The summed E-state index contributed by atoms with van der Waals surface area (Å²) in [6.07, 6.45) is 0. The summed E-state index contributed by atoms with van der Waals surface area (Å²) in [5.41, 5.74) is 9.84. The SMILES string of the molecule is Cc1cccc(Cn2nnc(C(=O)Nc3cc(Cl)ccc3C)c2N)c1. The number of nitrogens with zero attached hydrogens (tertiary/aromatic N) is 3. The molecule has 0 fully saturated rings. The third kappa shape index (κ3) is 3.80. The van der Waals surface area contributed by atoms with Crippen molar-refractivity contribution >= 4 is 29.0 Å². The topological polar surface area (TPSA) is 85.8 Å². The Kier molecular flexibility index (Phi) is 4.72. The number of nitrogens with one attached hydrogen (secondary N) is 1. The zero-order chi connectivity index (χ0) is 18.0. The molecule has 1 heterocycles. The molecule has 0 atom stereocenters. The van der Waals surface area contributed by atoms with Gasteiger partial charge in [0.25, 0.3) is 5.91 Å². The van der Waals surface area contributed by atoms with E-state index in [0.717, 1.165) is 16.7 Å². The van der Waals surface area contributed by atoms with Crippen molar-refractivity contribution in [1.29, 1.82) is 0 Å². The Morgan fingerprint density at radius 2 is 2.04 bits per heavy atom. The molecule has 0 unspecified atom stereocenters. The van der Waals surface area contributed by atoms with Gasteiger partial charge in [0, 0.05) is 10.7 Å². The number of nitrogens with two attached hydrogens (primary N) is 1. The van der Waals surface area contributed by atoms with Gasteiger partial charge in [0.15, 0.2) is 11.5 Å². The van der Waals surface area contributed by atoms with Crippen molar-refractivity contribution in [1.82, 2.24) is 15.0 Å². The summed E-state index contributed by atoms with van der Waals surface area (Å²) in [5, 5.41) is 11.2. The van der Waals surface area contributed by atoms with Crippen LogP contribution in [0.15, 0.2) is 42.5 Å². The average molecular weight is 356 g/mol. The van der Waals surface area contributed by atoms with Gasteiger partial charge in [0.1, 0.15) is 0 Å². The fourth-order valence-electron chi connectivity index (χ4n) is 2.49. The van der Waals surface area contributed by atoms with Crippen LogP contribution in [0.1, 0.15) is 27.2 Å². The van der Waals surface area contributed by atoms with Crippen LogP contribution in [0.2, 0.25) is 5.02 Å². The van der Waals surface area contributed by atoms with Gasteiger partial charge in [-0.3, -0.25) is 4.79 Å². The summed E-state index contributed by atoms with van der Waals surface area (Å²) in [4.78, 5) is 12.5. The molecular formula is C18H18ClN5O. The molecule has 25 heavy (non-hydrogen) atoms. The first-order valence-electron chi connectivity index (χ1n) is 7.76. The standard InChI is InChI=1S/C18H18ClN5O/c1-11-4-3-5-13(8-11)10-24-17(20)16(22-23-24)18(25)21-15-9-14(19)7-6-12(15)2/h3-9H,10,20H2,1-2H3,(H,21,25). The van der Waals surface area contributed by atoms with Crippen LogP contribution in [0.3, 0.4) is 0 Å². The van der Waals surface area contributed by atoms with Crippen molar-refractivity contribution in [2.24, 2.45) is 0 Å². The highest BCUT2D eigenvalue weighted by molar-refractivity contribution is 6.31. The van der Waals surface area contributed by atoms with Crippen LogP contribution in [0, 0.1) is 13.8 Å². The van der Waals surface area contributed by atoms with E-state index >= 15 is 0 Å². The summed E-state index contributed by atoms with van der Waals surface area (Å²) in [6.45, 7) is 4.34. The molecule has 0 saturated heterocycles. The third-order valence-electron chi connectivity index (χ3n) is 3.85. The maximum atomic E-state index is 12.5. The van der Waals surface area contributed by atoms with Crippen LogP contribution in [-0.2, 0) is 6.54 Å². The van der Waals surface area contributed by atoms with Gasteiger partial charge in [-0.1, -0.05) is 52.7 Å². The molecule has 7 heteroatoms. The second kappa shape index (κ2) is 6.94. The number of anilines is 2. The summed E-state index contributed by atoms with van der Waals surface area (Å²) in [7, 11) is 0. The van der Waals surface area contributed by atoms with E-state index in [2.05, 4.69) is 15.6 Å². The fraction of sp³-hybridized carbons (Fsp3) is 0.167. The Morgan fingerprint density at radius 3 is 2.80 bits per heavy atom. The summed E-state index contributed by atoms with van der Waals surface area (Å²) in [5.74, 6) is -0.197. The van der Waals surface area contributed by atoms with E-state index in [1.165, 1.54) is 4.68 Å². The van der Waals surface area contributed by atoms with E-state index in [1.54, 1.807) is 12.1 Å². The predicted octanol–water partition coefficient (Wildman–Crippen LogP) is 3.43. The van der Waals surface area contributed by atoms with Crippen molar-refractivity contribution < 1.29 is 4.79 Å². The van der Waals surface area contributed by atoms with E-state index in [-0.39, 0.29) is 11.5 Å². The Morgan fingerprint density at radius 1 is 1.24 bits per heavy atom. The fourth-order valence-corrected chi connectivity index (χ4v) is 2.66. The van der Waals surface area contributed by atoms with E-state index in [9.17, 15) is 4.79 Å². The Hall–Kier alpha value is -2.86. The van der Waals surface area contributed by atoms with Crippen molar-refractivity contribution in [2.75, 3.05) is 11.1 Å². The number of carbonyl (C=O) groups is 1. The molecule has 1 amide bonds. The first-order chi connectivity index (χ1) is 11.9. The second-order valence-electron chi connectivity index (χ2n) is 5.88. The first kappa shape index (κ1) is 17.0. The van der Waals surface area contributed by atoms with E-state index in [1.807, 2.05) is 44.2 Å². The largest absolute Gasteiger partial charge is 0.382 e. The van der Waals surface area contributed by atoms with E-state index < -0.39 is 5.91 Å². The maximum absolute atomic E-state index is 12.5. The van der Waals surface area contributed by atoms with Crippen molar-refractivity contribution in [3.8, 4) is 0 Å². The number of hydrogen-bond acceptors (Lipinski definition) is 4. The highest BCUT2D eigenvalue weighted by Gasteiger charge is 2.18. The van der Waals surface area contributed by atoms with Gasteiger partial charge in [-0.05, 0) is 37.1 Å². The van der Waals surface area contributed by atoms with Gasteiger partial charge in [-0.25, -0.2) is 4.68 Å². The molecule has 3 rings (SSSR count). The average Bonchev–Trinajstić information content (AvgIpc) is 2.92. The zero-order valence-corrected chi connectivity index (χ0v) is 14.7. The third-order valence-corrected chi connectivity index (χ3v) is 4.09. The molecule has 0 aliphatic rings. The van der Waals surface area contributed by atoms with Crippen molar-refractivity contribution in [2.45, 2.75) is 20.4 Å². The van der Waals surface area contributed by atoms with E-state index in [0.29, 0.717) is 17.3 Å².